The van der Waals surface area contributed by atoms with Crippen LogP contribution in [0.2, 0.25) is 0 Å². The van der Waals surface area contributed by atoms with E-state index in [1.807, 2.05) is 12.4 Å². The second-order valence-electron chi connectivity index (χ2n) is 4.35. The maximum absolute atomic E-state index is 3.93. The first kappa shape index (κ1) is 11.9. The molecule has 0 fully saturated rings. The summed E-state index contributed by atoms with van der Waals surface area (Å²) >= 11 is 0. The van der Waals surface area contributed by atoms with E-state index in [1.165, 1.54) is 22.5 Å². The highest BCUT2D eigenvalue weighted by molar-refractivity contribution is 5.26. The molecule has 0 radical (unpaired) electrons. The minimum Gasteiger partial charge on any atom is -0.349 e. The minimum absolute atomic E-state index is 0.853. The lowest BCUT2D eigenvalue weighted by Crippen LogP contribution is -2.13. The summed E-state index contributed by atoms with van der Waals surface area (Å²) in [6.07, 6.45) is 3.77. The molecular formula is C13H20N4. The van der Waals surface area contributed by atoms with Gasteiger partial charge in [0.15, 0.2) is 0 Å². The average Bonchev–Trinajstić information content (AvgIpc) is 2.89. The van der Waals surface area contributed by atoms with Crippen LogP contribution in [0, 0.1) is 13.8 Å². The van der Waals surface area contributed by atoms with Crippen LogP contribution in [0.3, 0.4) is 0 Å². The third-order valence-electron chi connectivity index (χ3n) is 3.19. The zero-order chi connectivity index (χ0) is 12.3. The van der Waals surface area contributed by atoms with Crippen LogP contribution >= 0.6 is 0 Å². The zero-order valence-electron chi connectivity index (χ0n) is 10.7. The Labute approximate surface area is 102 Å². The van der Waals surface area contributed by atoms with Gasteiger partial charge in [-0.1, -0.05) is 0 Å². The van der Waals surface area contributed by atoms with Crippen molar-refractivity contribution in [2.24, 2.45) is 0 Å². The van der Waals surface area contributed by atoms with Crippen molar-refractivity contribution >= 4 is 0 Å². The van der Waals surface area contributed by atoms with E-state index in [4.69, 9.17) is 0 Å². The highest BCUT2D eigenvalue weighted by atomic mass is 15.1. The Morgan fingerprint density at radius 2 is 2.18 bits per heavy atom. The number of aromatic nitrogens is 3. The van der Waals surface area contributed by atoms with E-state index in [9.17, 15) is 0 Å². The van der Waals surface area contributed by atoms with Crippen LogP contribution in [0.1, 0.15) is 29.4 Å². The van der Waals surface area contributed by atoms with E-state index in [-0.39, 0.29) is 0 Å². The fraction of sp³-hybridized carbons (Fsp3) is 0.462. The molecule has 0 aliphatic heterocycles. The topological polar surface area (TPSA) is 45.6 Å². The minimum atomic E-state index is 0.853. The number of rotatable bonds is 5. The van der Waals surface area contributed by atoms with Crippen molar-refractivity contribution in [1.29, 1.82) is 0 Å². The lowest BCUT2D eigenvalue weighted by molar-refractivity contribution is 0.676. The molecule has 4 nitrogen and oxygen atoms in total. The number of aromatic amines is 1. The monoisotopic (exact) mass is 232 g/mol. The SMILES string of the molecule is CCn1c(C)cc(CNCc2cn[nH]c2)c1C. The fourth-order valence-corrected chi connectivity index (χ4v) is 2.25. The van der Waals surface area contributed by atoms with Crippen LogP contribution in [0.15, 0.2) is 18.5 Å². The van der Waals surface area contributed by atoms with Gasteiger partial charge in [0.05, 0.1) is 6.20 Å². The molecule has 2 aromatic rings. The van der Waals surface area contributed by atoms with Crippen molar-refractivity contribution in [2.75, 3.05) is 0 Å². The summed E-state index contributed by atoms with van der Waals surface area (Å²) in [6.45, 7) is 9.33. The molecular weight excluding hydrogens is 212 g/mol. The number of H-pyrrole nitrogens is 1. The molecule has 2 heterocycles. The molecule has 17 heavy (non-hydrogen) atoms. The maximum atomic E-state index is 3.93. The molecule has 2 aromatic heterocycles. The Hall–Kier alpha value is -1.55. The van der Waals surface area contributed by atoms with E-state index in [1.54, 1.807) is 0 Å². The zero-order valence-corrected chi connectivity index (χ0v) is 10.7. The molecule has 2 rings (SSSR count). The quantitative estimate of drug-likeness (QED) is 0.829. The average molecular weight is 232 g/mol. The summed E-state index contributed by atoms with van der Waals surface area (Å²) < 4.78 is 2.34. The Morgan fingerprint density at radius 1 is 1.35 bits per heavy atom. The van der Waals surface area contributed by atoms with E-state index < -0.39 is 0 Å². The van der Waals surface area contributed by atoms with Gasteiger partial charge in [-0.25, -0.2) is 0 Å². The summed E-state index contributed by atoms with van der Waals surface area (Å²) in [5, 5.41) is 10.2. The predicted octanol–water partition coefficient (Wildman–Crippen LogP) is 2.14. The van der Waals surface area contributed by atoms with Gasteiger partial charge in [-0.05, 0) is 32.4 Å². The molecule has 92 valence electrons. The van der Waals surface area contributed by atoms with Crippen molar-refractivity contribution in [2.45, 2.75) is 40.4 Å². The largest absolute Gasteiger partial charge is 0.349 e. The van der Waals surface area contributed by atoms with E-state index >= 15 is 0 Å². The number of nitrogens with zero attached hydrogens (tertiary/aromatic N) is 2. The van der Waals surface area contributed by atoms with Gasteiger partial charge in [-0.2, -0.15) is 5.10 Å². The predicted molar refractivity (Wildman–Crippen MR) is 68.7 cm³/mol. The Balaban J connectivity index is 1.95. The van der Waals surface area contributed by atoms with Crippen LogP contribution < -0.4 is 5.32 Å². The van der Waals surface area contributed by atoms with Gasteiger partial charge >= 0.3 is 0 Å². The van der Waals surface area contributed by atoms with E-state index in [0.717, 1.165) is 19.6 Å². The Bertz CT molecular complexity index is 468. The standard InChI is InChI=1S/C13H20N4/c1-4-17-10(2)5-13(11(17)3)9-14-6-12-7-15-16-8-12/h5,7-8,14H,4,6,9H2,1-3H3,(H,15,16). The fourth-order valence-electron chi connectivity index (χ4n) is 2.25. The van der Waals surface area contributed by atoms with Gasteiger partial charge in [0.2, 0.25) is 0 Å². The summed E-state index contributed by atoms with van der Waals surface area (Å²) in [6, 6.07) is 2.27. The normalized spacial score (nSPS) is 11.0. The summed E-state index contributed by atoms with van der Waals surface area (Å²) in [4.78, 5) is 0. The van der Waals surface area contributed by atoms with Crippen molar-refractivity contribution in [3.8, 4) is 0 Å². The molecule has 0 spiro atoms. The van der Waals surface area contributed by atoms with Gasteiger partial charge < -0.3 is 9.88 Å². The van der Waals surface area contributed by atoms with Gasteiger partial charge in [0.25, 0.3) is 0 Å². The number of nitrogens with one attached hydrogen (secondary N) is 2. The van der Waals surface area contributed by atoms with Gasteiger partial charge in [-0.15, -0.1) is 0 Å². The molecule has 0 unspecified atom stereocenters. The highest BCUT2D eigenvalue weighted by Crippen LogP contribution is 2.14. The lowest BCUT2D eigenvalue weighted by atomic mass is 10.2. The van der Waals surface area contributed by atoms with Crippen LogP contribution in [-0.2, 0) is 19.6 Å². The van der Waals surface area contributed by atoms with Crippen LogP contribution in [0.4, 0.5) is 0 Å². The van der Waals surface area contributed by atoms with Gasteiger partial charge in [0, 0.05) is 42.8 Å². The lowest BCUT2D eigenvalue weighted by Gasteiger charge is -2.06. The number of hydrogen-bond acceptors (Lipinski definition) is 2. The van der Waals surface area contributed by atoms with Crippen LogP contribution in [0.25, 0.3) is 0 Å². The summed E-state index contributed by atoms with van der Waals surface area (Å²) in [5.41, 5.74) is 5.27. The summed E-state index contributed by atoms with van der Waals surface area (Å²) in [7, 11) is 0. The first-order valence-electron chi connectivity index (χ1n) is 6.06. The number of hydrogen-bond donors (Lipinski definition) is 2. The second kappa shape index (κ2) is 5.19. The van der Waals surface area contributed by atoms with Gasteiger partial charge in [-0.3, -0.25) is 5.10 Å². The second-order valence-corrected chi connectivity index (χ2v) is 4.35. The van der Waals surface area contributed by atoms with Gasteiger partial charge in [0.1, 0.15) is 0 Å². The molecule has 0 saturated carbocycles. The van der Waals surface area contributed by atoms with E-state index in [0.29, 0.717) is 0 Å². The molecule has 0 amide bonds. The molecule has 2 N–H and O–H groups in total. The highest BCUT2D eigenvalue weighted by Gasteiger charge is 2.06. The van der Waals surface area contributed by atoms with Crippen molar-refractivity contribution < 1.29 is 0 Å². The van der Waals surface area contributed by atoms with Crippen LogP contribution in [0.5, 0.6) is 0 Å². The molecule has 0 aliphatic rings. The maximum Gasteiger partial charge on any atom is 0.0532 e. The molecule has 0 aliphatic carbocycles. The summed E-state index contributed by atoms with van der Waals surface area (Å²) in [5.74, 6) is 0. The smallest absolute Gasteiger partial charge is 0.0532 e. The molecule has 0 saturated heterocycles. The molecule has 0 bridgehead atoms. The third-order valence-corrected chi connectivity index (χ3v) is 3.19. The number of aryl methyl sites for hydroxylation is 1. The third kappa shape index (κ3) is 2.58. The molecule has 0 atom stereocenters. The van der Waals surface area contributed by atoms with Crippen LogP contribution in [-0.4, -0.2) is 14.8 Å². The van der Waals surface area contributed by atoms with Crippen molar-refractivity contribution in [1.82, 2.24) is 20.1 Å². The Morgan fingerprint density at radius 3 is 2.76 bits per heavy atom. The molecule has 4 heteroatoms. The Kier molecular flexibility index (Phi) is 3.64. The van der Waals surface area contributed by atoms with Crippen molar-refractivity contribution in [3.05, 3.63) is 41.0 Å². The first-order valence-corrected chi connectivity index (χ1v) is 6.06. The molecule has 0 aromatic carbocycles. The first-order chi connectivity index (χ1) is 8.22. The van der Waals surface area contributed by atoms with Crippen molar-refractivity contribution in [3.63, 3.8) is 0 Å². The van der Waals surface area contributed by atoms with E-state index in [2.05, 4.69) is 46.9 Å².